The van der Waals surface area contributed by atoms with Crippen LogP contribution in [0.4, 0.5) is 17.1 Å². The van der Waals surface area contributed by atoms with E-state index >= 15 is 0 Å². The fraction of sp³-hybridized carbons (Fsp3) is 0. The van der Waals surface area contributed by atoms with Crippen LogP contribution in [0, 0.1) is 0 Å². The molecule has 6 aromatic carbocycles. The Bertz CT molecular complexity index is 1780. The number of benzene rings is 6. The molecule has 0 N–H and O–H groups in total. The van der Waals surface area contributed by atoms with Crippen LogP contribution in [-0.2, 0) is 0 Å². The van der Waals surface area contributed by atoms with Crippen LogP contribution in [0.3, 0.4) is 0 Å². The van der Waals surface area contributed by atoms with Gasteiger partial charge in [-0.15, -0.1) is 0 Å². The first kappa shape index (κ1) is 20.5. The highest BCUT2D eigenvalue weighted by molar-refractivity contribution is 6.21. The van der Waals surface area contributed by atoms with Gasteiger partial charge in [0.15, 0.2) is 5.58 Å². The monoisotopic (exact) mass is 461 g/mol. The van der Waals surface area contributed by atoms with E-state index in [1.54, 1.807) is 0 Å². The van der Waals surface area contributed by atoms with Crippen molar-refractivity contribution in [3.05, 3.63) is 140 Å². The van der Waals surface area contributed by atoms with Gasteiger partial charge < -0.3 is 9.32 Å². The van der Waals surface area contributed by atoms with Crippen LogP contribution in [0.15, 0.2) is 144 Å². The van der Waals surface area contributed by atoms with Crippen LogP contribution in [0.1, 0.15) is 0 Å². The fourth-order valence-corrected chi connectivity index (χ4v) is 5.21. The van der Waals surface area contributed by atoms with Crippen LogP contribution in [-0.4, -0.2) is 0 Å². The predicted molar refractivity (Wildman–Crippen MR) is 151 cm³/mol. The molecule has 0 saturated heterocycles. The first-order valence-electron chi connectivity index (χ1n) is 12.2. The summed E-state index contributed by atoms with van der Waals surface area (Å²) in [5.74, 6) is 0. The van der Waals surface area contributed by atoms with Crippen molar-refractivity contribution >= 4 is 49.8 Å². The van der Waals surface area contributed by atoms with E-state index in [4.69, 9.17) is 4.42 Å². The largest absolute Gasteiger partial charge is 0.453 e. The van der Waals surface area contributed by atoms with Gasteiger partial charge in [0.2, 0.25) is 0 Å². The Balaban J connectivity index is 1.61. The molecule has 0 bridgehead atoms. The van der Waals surface area contributed by atoms with Crippen molar-refractivity contribution in [1.82, 2.24) is 0 Å². The molecule has 0 atom stereocenters. The zero-order valence-electron chi connectivity index (χ0n) is 19.6. The third kappa shape index (κ3) is 3.27. The highest BCUT2D eigenvalue weighted by atomic mass is 16.3. The number of rotatable bonds is 4. The zero-order valence-corrected chi connectivity index (χ0v) is 19.6. The maximum Gasteiger partial charge on any atom is 0.160 e. The van der Waals surface area contributed by atoms with Gasteiger partial charge in [0.05, 0.1) is 5.69 Å². The Morgan fingerprint density at radius 2 is 1.06 bits per heavy atom. The molecule has 0 aliphatic carbocycles. The minimum atomic E-state index is 0.885. The summed E-state index contributed by atoms with van der Waals surface area (Å²) in [5.41, 5.74) is 7.34. The van der Waals surface area contributed by atoms with E-state index in [9.17, 15) is 0 Å². The quantitative estimate of drug-likeness (QED) is 0.259. The second kappa shape index (κ2) is 8.44. The Labute approximate surface area is 209 Å². The molecule has 1 aromatic heterocycles. The number of para-hydroxylation sites is 2. The molecule has 0 aliphatic rings. The molecule has 170 valence electrons. The van der Waals surface area contributed by atoms with Gasteiger partial charge in [-0.1, -0.05) is 103 Å². The number of hydrogen-bond donors (Lipinski definition) is 0. The highest BCUT2D eigenvalue weighted by Gasteiger charge is 2.22. The maximum atomic E-state index is 6.84. The number of furan rings is 1. The molecule has 0 spiro atoms. The van der Waals surface area contributed by atoms with Crippen LogP contribution >= 0.6 is 0 Å². The van der Waals surface area contributed by atoms with Gasteiger partial charge in [-0.2, -0.15) is 0 Å². The molecule has 36 heavy (non-hydrogen) atoms. The standard InChI is InChI=1S/C34H23NO/c1-4-12-24(13-5-1)28-22-23-31(35(26-15-6-2-7-16-26)27-17-8-3-9-18-27)34-32(28)30-21-20-25-14-10-11-19-29(25)33(30)36-34/h1-23H. The summed E-state index contributed by atoms with van der Waals surface area (Å²) >= 11 is 0. The number of anilines is 3. The average molecular weight is 462 g/mol. The Morgan fingerprint density at radius 3 is 1.75 bits per heavy atom. The molecule has 0 aliphatic heterocycles. The number of nitrogens with zero attached hydrogens (tertiary/aromatic N) is 1. The van der Waals surface area contributed by atoms with E-state index in [0.717, 1.165) is 44.4 Å². The highest BCUT2D eigenvalue weighted by Crippen LogP contribution is 2.46. The molecule has 7 rings (SSSR count). The van der Waals surface area contributed by atoms with Gasteiger partial charge in [-0.25, -0.2) is 0 Å². The van der Waals surface area contributed by atoms with Crippen molar-refractivity contribution in [1.29, 1.82) is 0 Å². The topological polar surface area (TPSA) is 16.4 Å². The predicted octanol–water partition coefficient (Wildman–Crippen LogP) is 9.88. The summed E-state index contributed by atoms with van der Waals surface area (Å²) in [6.07, 6.45) is 0. The van der Waals surface area contributed by atoms with Gasteiger partial charge in [-0.05, 0) is 52.9 Å². The summed E-state index contributed by atoms with van der Waals surface area (Å²) in [6, 6.07) is 48.8. The minimum absolute atomic E-state index is 0.885. The van der Waals surface area contributed by atoms with Gasteiger partial charge in [0.25, 0.3) is 0 Å². The summed E-state index contributed by atoms with van der Waals surface area (Å²) in [6.45, 7) is 0. The summed E-state index contributed by atoms with van der Waals surface area (Å²) in [5, 5.41) is 4.57. The molecule has 0 radical (unpaired) electrons. The summed E-state index contributed by atoms with van der Waals surface area (Å²) < 4.78 is 6.84. The van der Waals surface area contributed by atoms with Crippen molar-refractivity contribution < 1.29 is 4.42 Å². The fourth-order valence-electron chi connectivity index (χ4n) is 5.21. The lowest BCUT2D eigenvalue weighted by atomic mass is 9.97. The molecule has 0 saturated carbocycles. The zero-order chi connectivity index (χ0) is 23.9. The van der Waals surface area contributed by atoms with E-state index in [1.807, 2.05) is 12.1 Å². The van der Waals surface area contributed by atoms with Crippen molar-refractivity contribution in [2.75, 3.05) is 4.90 Å². The van der Waals surface area contributed by atoms with E-state index in [1.165, 1.54) is 16.5 Å². The van der Waals surface area contributed by atoms with Gasteiger partial charge in [-0.3, -0.25) is 0 Å². The molecule has 2 heteroatoms. The summed E-state index contributed by atoms with van der Waals surface area (Å²) in [4.78, 5) is 2.28. The van der Waals surface area contributed by atoms with E-state index in [0.29, 0.717) is 0 Å². The minimum Gasteiger partial charge on any atom is -0.453 e. The molecular formula is C34H23NO. The molecular weight excluding hydrogens is 438 g/mol. The van der Waals surface area contributed by atoms with Crippen molar-refractivity contribution in [2.45, 2.75) is 0 Å². The lowest BCUT2D eigenvalue weighted by Crippen LogP contribution is -2.10. The maximum absolute atomic E-state index is 6.84. The SMILES string of the molecule is c1ccc(-c2ccc(N(c3ccccc3)c3ccccc3)c3oc4c5ccccc5ccc4c23)cc1. The third-order valence-corrected chi connectivity index (χ3v) is 6.84. The van der Waals surface area contributed by atoms with E-state index in [-0.39, 0.29) is 0 Å². The van der Waals surface area contributed by atoms with E-state index in [2.05, 4.69) is 132 Å². The number of hydrogen-bond acceptors (Lipinski definition) is 2. The average Bonchev–Trinajstić information content (AvgIpc) is 3.36. The number of fused-ring (bicyclic) bond motifs is 5. The Hall–Kier alpha value is -4.82. The van der Waals surface area contributed by atoms with Crippen LogP contribution < -0.4 is 4.90 Å². The van der Waals surface area contributed by atoms with Crippen LogP contribution in [0.25, 0.3) is 43.8 Å². The van der Waals surface area contributed by atoms with Crippen LogP contribution in [0.5, 0.6) is 0 Å². The third-order valence-electron chi connectivity index (χ3n) is 6.84. The van der Waals surface area contributed by atoms with Crippen molar-refractivity contribution in [3.63, 3.8) is 0 Å². The van der Waals surface area contributed by atoms with Crippen molar-refractivity contribution in [2.24, 2.45) is 0 Å². The Kier molecular flexibility index (Phi) is 4.82. The van der Waals surface area contributed by atoms with Gasteiger partial charge in [0.1, 0.15) is 5.58 Å². The summed E-state index contributed by atoms with van der Waals surface area (Å²) in [7, 11) is 0. The Morgan fingerprint density at radius 1 is 0.444 bits per heavy atom. The lowest BCUT2D eigenvalue weighted by molar-refractivity contribution is 0.673. The molecule has 1 heterocycles. The second-order valence-corrected chi connectivity index (χ2v) is 8.97. The van der Waals surface area contributed by atoms with Crippen molar-refractivity contribution in [3.8, 4) is 11.1 Å². The normalized spacial score (nSPS) is 11.3. The molecule has 0 amide bonds. The molecule has 0 fully saturated rings. The first-order chi connectivity index (χ1) is 17.9. The molecule has 0 unspecified atom stereocenters. The van der Waals surface area contributed by atoms with E-state index < -0.39 is 0 Å². The smallest absolute Gasteiger partial charge is 0.160 e. The molecule has 7 aromatic rings. The van der Waals surface area contributed by atoms with Gasteiger partial charge >= 0.3 is 0 Å². The second-order valence-electron chi connectivity index (χ2n) is 8.97. The van der Waals surface area contributed by atoms with Gasteiger partial charge in [0, 0.05) is 27.5 Å². The molecule has 2 nitrogen and oxygen atoms in total. The van der Waals surface area contributed by atoms with Crippen LogP contribution in [0.2, 0.25) is 0 Å². The first-order valence-corrected chi connectivity index (χ1v) is 12.2. The lowest BCUT2D eigenvalue weighted by Gasteiger charge is -2.25.